The number of halogens is 1. The standard InChI is InChI=1S/C17H22FN5OS/c1-11-3-4-23(10-15-8-21-17(25-15)22-12(2)24)9-13(11)5-16-19-6-14(18)7-20-16/h6-8,11,13H,3-5,9-10H2,1-2H3,(H,21,22,24)/t11-,13-/m0/s1. The molecule has 0 aromatic carbocycles. The maximum absolute atomic E-state index is 13.0. The summed E-state index contributed by atoms with van der Waals surface area (Å²) in [7, 11) is 0. The third-order valence-corrected chi connectivity index (χ3v) is 5.43. The highest BCUT2D eigenvalue weighted by Gasteiger charge is 2.27. The van der Waals surface area contributed by atoms with Crippen molar-refractivity contribution in [3.05, 3.63) is 35.1 Å². The molecule has 2 aromatic rings. The van der Waals surface area contributed by atoms with E-state index in [4.69, 9.17) is 0 Å². The molecular weight excluding hydrogens is 341 g/mol. The second kappa shape index (κ2) is 7.97. The Morgan fingerprint density at radius 3 is 2.84 bits per heavy atom. The monoisotopic (exact) mass is 363 g/mol. The van der Waals surface area contributed by atoms with Gasteiger partial charge in [0.1, 0.15) is 5.82 Å². The summed E-state index contributed by atoms with van der Waals surface area (Å²) < 4.78 is 13.0. The van der Waals surface area contributed by atoms with Crippen LogP contribution in [0.25, 0.3) is 0 Å². The highest BCUT2D eigenvalue weighted by atomic mass is 32.1. The lowest BCUT2D eigenvalue weighted by atomic mass is 9.84. The van der Waals surface area contributed by atoms with Gasteiger partial charge in [-0.1, -0.05) is 6.92 Å². The lowest BCUT2D eigenvalue weighted by molar-refractivity contribution is -0.114. The number of hydrogen-bond donors (Lipinski definition) is 1. The first-order valence-corrected chi connectivity index (χ1v) is 9.22. The van der Waals surface area contributed by atoms with Crippen LogP contribution in [-0.2, 0) is 17.8 Å². The topological polar surface area (TPSA) is 71.0 Å². The number of nitrogens with one attached hydrogen (secondary N) is 1. The summed E-state index contributed by atoms with van der Waals surface area (Å²) >= 11 is 1.51. The van der Waals surface area contributed by atoms with E-state index in [1.54, 1.807) is 0 Å². The van der Waals surface area contributed by atoms with E-state index in [1.165, 1.54) is 30.7 Å². The van der Waals surface area contributed by atoms with Crippen LogP contribution < -0.4 is 5.32 Å². The molecule has 0 spiro atoms. The van der Waals surface area contributed by atoms with Crippen molar-refractivity contribution in [1.29, 1.82) is 0 Å². The van der Waals surface area contributed by atoms with Crippen LogP contribution >= 0.6 is 11.3 Å². The highest BCUT2D eigenvalue weighted by Crippen LogP contribution is 2.28. The number of nitrogens with zero attached hydrogens (tertiary/aromatic N) is 4. The molecule has 1 fully saturated rings. The second-order valence-electron chi connectivity index (χ2n) is 6.60. The van der Waals surface area contributed by atoms with Gasteiger partial charge in [0.2, 0.25) is 5.91 Å². The second-order valence-corrected chi connectivity index (χ2v) is 7.71. The van der Waals surface area contributed by atoms with E-state index in [-0.39, 0.29) is 5.91 Å². The van der Waals surface area contributed by atoms with Gasteiger partial charge >= 0.3 is 0 Å². The average Bonchev–Trinajstić information content (AvgIpc) is 2.99. The smallest absolute Gasteiger partial charge is 0.223 e. The van der Waals surface area contributed by atoms with Crippen molar-refractivity contribution in [2.24, 2.45) is 11.8 Å². The van der Waals surface area contributed by atoms with Crippen molar-refractivity contribution in [2.45, 2.75) is 33.2 Å². The SMILES string of the molecule is CC(=O)Nc1ncc(CN2CC[C@H](C)[C@@H](Cc3ncc(F)cn3)C2)s1. The Hall–Kier alpha value is -1.93. The van der Waals surface area contributed by atoms with Gasteiger partial charge in [-0.2, -0.15) is 0 Å². The maximum Gasteiger partial charge on any atom is 0.223 e. The summed E-state index contributed by atoms with van der Waals surface area (Å²) in [4.78, 5) is 27.1. The van der Waals surface area contributed by atoms with Crippen LogP contribution in [0.5, 0.6) is 0 Å². The molecule has 1 saturated heterocycles. The summed E-state index contributed by atoms with van der Waals surface area (Å²) in [6.07, 6.45) is 6.16. The van der Waals surface area contributed by atoms with Crippen LogP contribution in [0, 0.1) is 17.7 Å². The molecular formula is C17H22FN5OS. The first-order valence-electron chi connectivity index (χ1n) is 8.40. The molecule has 3 heterocycles. The molecule has 2 aromatic heterocycles. The lowest BCUT2D eigenvalue weighted by Gasteiger charge is -2.36. The van der Waals surface area contributed by atoms with E-state index in [1.807, 2.05) is 6.20 Å². The first kappa shape index (κ1) is 17.9. The van der Waals surface area contributed by atoms with Gasteiger partial charge in [-0.3, -0.25) is 9.69 Å². The molecule has 0 radical (unpaired) electrons. The van der Waals surface area contributed by atoms with Gasteiger partial charge < -0.3 is 5.32 Å². The summed E-state index contributed by atoms with van der Waals surface area (Å²) in [6.45, 7) is 6.55. The number of anilines is 1. The molecule has 134 valence electrons. The highest BCUT2D eigenvalue weighted by molar-refractivity contribution is 7.15. The van der Waals surface area contributed by atoms with Crippen molar-refractivity contribution in [3.8, 4) is 0 Å². The molecule has 1 aliphatic heterocycles. The molecule has 6 nitrogen and oxygen atoms in total. The minimum absolute atomic E-state index is 0.105. The van der Waals surface area contributed by atoms with Crippen LogP contribution in [0.15, 0.2) is 18.6 Å². The summed E-state index contributed by atoms with van der Waals surface area (Å²) in [5, 5.41) is 3.36. The molecule has 8 heteroatoms. The van der Waals surface area contributed by atoms with E-state index < -0.39 is 5.82 Å². The number of carbonyl (C=O) groups is 1. The average molecular weight is 363 g/mol. The Balaban J connectivity index is 1.59. The number of rotatable bonds is 5. The fourth-order valence-corrected chi connectivity index (χ4v) is 4.02. The zero-order valence-corrected chi connectivity index (χ0v) is 15.2. The van der Waals surface area contributed by atoms with Crippen LogP contribution in [0.1, 0.15) is 31.0 Å². The number of likely N-dealkylation sites (tertiary alicyclic amines) is 1. The van der Waals surface area contributed by atoms with Crippen LogP contribution in [-0.4, -0.2) is 38.8 Å². The van der Waals surface area contributed by atoms with Crippen LogP contribution in [0.4, 0.5) is 9.52 Å². The third-order valence-electron chi connectivity index (χ3n) is 4.53. The minimum Gasteiger partial charge on any atom is -0.302 e. The van der Waals surface area contributed by atoms with Crippen molar-refractivity contribution in [3.63, 3.8) is 0 Å². The number of carbonyl (C=O) groups excluding carboxylic acids is 1. The van der Waals surface area contributed by atoms with E-state index >= 15 is 0 Å². The maximum atomic E-state index is 13.0. The van der Waals surface area contributed by atoms with Gasteiger partial charge in [0, 0.05) is 37.5 Å². The van der Waals surface area contributed by atoms with Gasteiger partial charge in [-0.25, -0.2) is 19.3 Å². The molecule has 0 unspecified atom stereocenters. The minimum atomic E-state index is -0.401. The lowest BCUT2D eigenvalue weighted by Crippen LogP contribution is -2.40. The van der Waals surface area contributed by atoms with Crippen molar-refractivity contribution in [2.75, 3.05) is 18.4 Å². The van der Waals surface area contributed by atoms with Crippen molar-refractivity contribution >= 4 is 22.4 Å². The van der Waals surface area contributed by atoms with Gasteiger partial charge in [0.05, 0.1) is 12.4 Å². The Morgan fingerprint density at radius 1 is 1.36 bits per heavy atom. The van der Waals surface area contributed by atoms with Crippen LogP contribution in [0.2, 0.25) is 0 Å². The molecule has 2 atom stereocenters. The summed E-state index contributed by atoms with van der Waals surface area (Å²) in [5.74, 6) is 1.23. The fraction of sp³-hybridized carbons (Fsp3) is 0.529. The number of aromatic nitrogens is 3. The van der Waals surface area contributed by atoms with Gasteiger partial charge in [0.15, 0.2) is 10.9 Å². The molecule has 1 amide bonds. The van der Waals surface area contributed by atoms with Gasteiger partial charge in [-0.15, -0.1) is 11.3 Å². The Kier molecular flexibility index (Phi) is 5.70. The van der Waals surface area contributed by atoms with Gasteiger partial charge in [0.25, 0.3) is 0 Å². The zero-order valence-electron chi connectivity index (χ0n) is 14.4. The van der Waals surface area contributed by atoms with E-state index in [2.05, 4.69) is 32.1 Å². The van der Waals surface area contributed by atoms with Crippen LogP contribution in [0.3, 0.4) is 0 Å². The largest absolute Gasteiger partial charge is 0.302 e. The fourth-order valence-electron chi connectivity index (χ4n) is 3.12. The Labute approximate surface area is 150 Å². The predicted octanol–water partition coefficient (Wildman–Crippen LogP) is 2.73. The molecule has 25 heavy (non-hydrogen) atoms. The number of hydrogen-bond acceptors (Lipinski definition) is 6. The number of piperidine rings is 1. The predicted molar refractivity (Wildman–Crippen MR) is 94.7 cm³/mol. The number of amides is 1. The van der Waals surface area contributed by atoms with Crippen molar-refractivity contribution in [1.82, 2.24) is 19.9 Å². The van der Waals surface area contributed by atoms with E-state index in [0.717, 1.165) is 37.4 Å². The third kappa shape index (κ3) is 5.02. The molecule has 3 rings (SSSR count). The zero-order chi connectivity index (χ0) is 17.8. The molecule has 1 N–H and O–H groups in total. The normalized spacial score (nSPS) is 21.2. The molecule has 0 saturated carbocycles. The first-order chi connectivity index (χ1) is 12.0. The Bertz CT molecular complexity index is 720. The van der Waals surface area contributed by atoms with E-state index in [9.17, 15) is 9.18 Å². The molecule has 0 bridgehead atoms. The summed E-state index contributed by atoms with van der Waals surface area (Å²) in [6, 6.07) is 0. The summed E-state index contributed by atoms with van der Waals surface area (Å²) in [5.41, 5.74) is 0. The van der Waals surface area contributed by atoms with E-state index in [0.29, 0.717) is 22.8 Å². The number of thiazole rings is 1. The quantitative estimate of drug-likeness (QED) is 0.884. The molecule has 0 aliphatic carbocycles. The van der Waals surface area contributed by atoms with Gasteiger partial charge in [-0.05, 0) is 24.8 Å². The Morgan fingerprint density at radius 2 is 2.12 bits per heavy atom. The van der Waals surface area contributed by atoms with Crippen molar-refractivity contribution < 1.29 is 9.18 Å². The molecule has 1 aliphatic rings.